The van der Waals surface area contributed by atoms with E-state index in [0.29, 0.717) is 18.1 Å². The molecule has 1 rings (SSSR count). The van der Waals surface area contributed by atoms with Crippen molar-refractivity contribution in [3.8, 4) is 5.75 Å². The van der Waals surface area contributed by atoms with Gasteiger partial charge in [-0.3, -0.25) is 0 Å². The van der Waals surface area contributed by atoms with Crippen molar-refractivity contribution in [3.05, 3.63) is 29.3 Å². The van der Waals surface area contributed by atoms with Gasteiger partial charge in [0.15, 0.2) is 6.10 Å². The van der Waals surface area contributed by atoms with Gasteiger partial charge in [-0.15, -0.1) is 0 Å². The fourth-order valence-corrected chi connectivity index (χ4v) is 2.16. The zero-order valence-electron chi connectivity index (χ0n) is 12.3. The summed E-state index contributed by atoms with van der Waals surface area (Å²) in [6, 6.07) is 5.81. The number of benzene rings is 1. The van der Waals surface area contributed by atoms with Crippen LogP contribution in [0.3, 0.4) is 0 Å². The molecular formula is C16H24O3. The molecule has 0 spiro atoms. The summed E-state index contributed by atoms with van der Waals surface area (Å²) in [5.74, 6) is 0.217. The number of hydrogen-bond acceptors (Lipinski definition) is 2. The first-order valence-electron chi connectivity index (χ1n) is 6.95. The number of carboxylic acids is 1. The number of unbranched alkanes of at least 4 members (excludes halogenated alkanes) is 1. The predicted molar refractivity (Wildman–Crippen MR) is 76.8 cm³/mol. The number of hydrogen-bond donors (Lipinski definition) is 1. The van der Waals surface area contributed by atoms with Gasteiger partial charge in [0.25, 0.3) is 0 Å². The van der Waals surface area contributed by atoms with E-state index in [0.717, 1.165) is 18.4 Å². The SMILES string of the molecule is CCCCC(Oc1ccc(C(C)C)c(C)c1)C(=O)O. The van der Waals surface area contributed by atoms with Gasteiger partial charge in [-0.1, -0.05) is 33.3 Å². The first kappa shape index (κ1) is 15.5. The van der Waals surface area contributed by atoms with Crippen molar-refractivity contribution >= 4 is 5.97 Å². The minimum Gasteiger partial charge on any atom is -0.479 e. The number of carbonyl (C=O) groups is 1. The van der Waals surface area contributed by atoms with E-state index in [1.165, 1.54) is 5.56 Å². The second-order valence-electron chi connectivity index (χ2n) is 5.26. The molecule has 0 amide bonds. The van der Waals surface area contributed by atoms with Crippen LogP contribution < -0.4 is 4.74 Å². The normalized spacial score (nSPS) is 12.5. The summed E-state index contributed by atoms with van der Waals surface area (Å²) in [6.07, 6.45) is 1.64. The smallest absolute Gasteiger partial charge is 0.344 e. The van der Waals surface area contributed by atoms with Crippen molar-refractivity contribution < 1.29 is 14.6 Å². The molecule has 0 aliphatic heterocycles. The van der Waals surface area contributed by atoms with Crippen LogP contribution in [0.4, 0.5) is 0 Å². The van der Waals surface area contributed by atoms with E-state index < -0.39 is 12.1 Å². The monoisotopic (exact) mass is 264 g/mol. The lowest BCUT2D eigenvalue weighted by Crippen LogP contribution is -2.26. The number of ether oxygens (including phenoxy) is 1. The fraction of sp³-hybridized carbons (Fsp3) is 0.562. The van der Waals surface area contributed by atoms with E-state index in [9.17, 15) is 4.79 Å². The van der Waals surface area contributed by atoms with E-state index in [-0.39, 0.29) is 0 Å². The van der Waals surface area contributed by atoms with Crippen molar-refractivity contribution in [1.82, 2.24) is 0 Å². The molecule has 0 bridgehead atoms. The molecule has 1 unspecified atom stereocenters. The number of carboxylic acid groups (broad SMARTS) is 1. The lowest BCUT2D eigenvalue weighted by molar-refractivity contribution is -0.145. The molecule has 1 aromatic carbocycles. The van der Waals surface area contributed by atoms with E-state index in [1.54, 1.807) is 0 Å². The third kappa shape index (κ3) is 4.58. The lowest BCUT2D eigenvalue weighted by Gasteiger charge is -2.17. The van der Waals surface area contributed by atoms with Crippen molar-refractivity contribution in [2.24, 2.45) is 0 Å². The molecule has 1 aromatic rings. The molecular weight excluding hydrogens is 240 g/mol. The van der Waals surface area contributed by atoms with Crippen LogP contribution in [0.15, 0.2) is 18.2 Å². The zero-order chi connectivity index (χ0) is 14.4. The molecule has 0 heterocycles. The van der Waals surface area contributed by atoms with Crippen LogP contribution in [-0.2, 0) is 4.79 Å². The van der Waals surface area contributed by atoms with E-state index in [2.05, 4.69) is 13.8 Å². The molecule has 1 N–H and O–H groups in total. The summed E-state index contributed by atoms with van der Waals surface area (Å²) in [7, 11) is 0. The Bertz CT molecular complexity index is 424. The number of rotatable bonds is 7. The van der Waals surface area contributed by atoms with Gasteiger partial charge in [-0.25, -0.2) is 4.79 Å². The summed E-state index contributed by atoms with van der Waals surface area (Å²) in [5, 5.41) is 9.15. The third-order valence-corrected chi connectivity index (χ3v) is 3.24. The van der Waals surface area contributed by atoms with E-state index >= 15 is 0 Å². The summed E-state index contributed by atoms with van der Waals surface area (Å²) >= 11 is 0. The molecule has 0 radical (unpaired) electrons. The van der Waals surface area contributed by atoms with Gasteiger partial charge in [-0.2, -0.15) is 0 Å². The molecule has 0 aliphatic carbocycles. The maximum absolute atomic E-state index is 11.1. The minimum absolute atomic E-state index is 0.462. The fourth-order valence-electron chi connectivity index (χ4n) is 2.16. The Kier molecular flexibility index (Phi) is 5.87. The summed E-state index contributed by atoms with van der Waals surface area (Å²) in [5.41, 5.74) is 2.42. The molecule has 3 nitrogen and oxygen atoms in total. The first-order valence-corrected chi connectivity index (χ1v) is 6.95. The van der Waals surface area contributed by atoms with Crippen LogP contribution in [-0.4, -0.2) is 17.2 Å². The molecule has 0 aliphatic rings. The van der Waals surface area contributed by atoms with Crippen LogP contribution in [0.5, 0.6) is 5.75 Å². The van der Waals surface area contributed by atoms with Gasteiger partial charge in [-0.05, 0) is 48.9 Å². The largest absolute Gasteiger partial charge is 0.479 e. The zero-order valence-corrected chi connectivity index (χ0v) is 12.3. The Hall–Kier alpha value is -1.51. The summed E-state index contributed by atoms with van der Waals surface area (Å²) in [6.45, 7) is 8.36. The highest BCUT2D eigenvalue weighted by Crippen LogP contribution is 2.24. The summed E-state index contributed by atoms with van der Waals surface area (Å²) < 4.78 is 5.59. The lowest BCUT2D eigenvalue weighted by atomic mass is 9.98. The van der Waals surface area contributed by atoms with Crippen molar-refractivity contribution in [2.45, 2.75) is 59.0 Å². The Morgan fingerprint density at radius 2 is 2.05 bits per heavy atom. The highest BCUT2D eigenvalue weighted by Gasteiger charge is 2.19. The predicted octanol–water partition coefficient (Wildman–Crippen LogP) is 4.14. The van der Waals surface area contributed by atoms with Crippen LogP contribution in [0.2, 0.25) is 0 Å². The first-order chi connectivity index (χ1) is 8.95. The van der Waals surface area contributed by atoms with Crippen LogP contribution in [0.25, 0.3) is 0 Å². The van der Waals surface area contributed by atoms with Gasteiger partial charge in [0, 0.05) is 0 Å². The topological polar surface area (TPSA) is 46.5 Å². The maximum Gasteiger partial charge on any atom is 0.344 e. The van der Waals surface area contributed by atoms with Crippen LogP contribution in [0, 0.1) is 6.92 Å². The van der Waals surface area contributed by atoms with Gasteiger partial charge >= 0.3 is 5.97 Å². The van der Waals surface area contributed by atoms with Crippen LogP contribution in [0.1, 0.15) is 57.1 Å². The molecule has 0 saturated carbocycles. The number of aliphatic carboxylic acids is 1. The Labute approximate surface area is 115 Å². The maximum atomic E-state index is 11.1. The van der Waals surface area contributed by atoms with Crippen molar-refractivity contribution in [1.29, 1.82) is 0 Å². The van der Waals surface area contributed by atoms with Gasteiger partial charge in [0.05, 0.1) is 0 Å². The van der Waals surface area contributed by atoms with E-state index in [4.69, 9.17) is 9.84 Å². The standard InChI is InChI=1S/C16H24O3/c1-5-6-7-15(16(17)18)19-13-8-9-14(11(2)3)12(4)10-13/h8-11,15H,5-7H2,1-4H3,(H,17,18). The molecule has 1 atom stereocenters. The molecule has 0 fully saturated rings. The molecule has 0 saturated heterocycles. The number of aryl methyl sites for hydroxylation is 1. The van der Waals surface area contributed by atoms with Crippen LogP contribution >= 0.6 is 0 Å². The Balaban J connectivity index is 2.79. The average Bonchev–Trinajstić information content (AvgIpc) is 2.33. The Morgan fingerprint density at radius 3 is 2.53 bits per heavy atom. The summed E-state index contributed by atoms with van der Waals surface area (Å²) in [4.78, 5) is 11.1. The van der Waals surface area contributed by atoms with Gasteiger partial charge in [0.2, 0.25) is 0 Å². The van der Waals surface area contributed by atoms with Crippen molar-refractivity contribution in [2.75, 3.05) is 0 Å². The molecule has 19 heavy (non-hydrogen) atoms. The van der Waals surface area contributed by atoms with E-state index in [1.807, 2.05) is 32.0 Å². The third-order valence-electron chi connectivity index (χ3n) is 3.24. The highest BCUT2D eigenvalue weighted by atomic mass is 16.5. The highest BCUT2D eigenvalue weighted by molar-refractivity contribution is 5.72. The minimum atomic E-state index is -0.890. The Morgan fingerprint density at radius 1 is 1.37 bits per heavy atom. The van der Waals surface area contributed by atoms with Gasteiger partial charge < -0.3 is 9.84 Å². The quantitative estimate of drug-likeness (QED) is 0.805. The average molecular weight is 264 g/mol. The second-order valence-corrected chi connectivity index (χ2v) is 5.26. The molecule has 3 heteroatoms. The van der Waals surface area contributed by atoms with Gasteiger partial charge in [0.1, 0.15) is 5.75 Å². The molecule has 0 aromatic heterocycles. The molecule has 106 valence electrons. The van der Waals surface area contributed by atoms with Crippen molar-refractivity contribution in [3.63, 3.8) is 0 Å². The second kappa shape index (κ2) is 7.17.